The van der Waals surface area contributed by atoms with Crippen LogP contribution in [0.4, 0.5) is 0 Å². The van der Waals surface area contributed by atoms with Gasteiger partial charge < -0.3 is 19.2 Å². The molecule has 1 unspecified atom stereocenters. The average molecular weight is 383 g/mol. The van der Waals surface area contributed by atoms with Crippen LogP contribution in [-0.4, -0.2) is 42.0 Å². The number of furan rings is 1. The first kappa shape index (κ1) is 19.9. The summed E-state index contributed by atoms with van der Waals surface area (Å²) in [4.78, 5) is 27.2. The van der Waals surface area contributed by atoms with Crippen LogP contribution in [0.5, 0.6) is 0 Å². The van der Waals surface area contributed by atoms with Crippen molar-refractivity contribution in [2.45, 2.75) is 32.2 Å². The summed E-state index contributed by atoms with van der Waals surface area (Å²) in [5.74, 6) is -1.09. The van der Waals surface area contributed by atoms with Gasteiger partial charge in [-0.05, 0) is 35.6 Å². The number of aliphatic hydroxyl groups excluding tert-OH is 1. The Kier molecular flexibility index (Phi) is 5.99. The molecule has 1 atom stereocenters. The van der Waals surface area contributed by atoms with Gasteiger partial charge in [0.05, 0.1) is 17.9 Å². The molecule has 1 N–H and O–H groups in total. The number of aliphatic hydroxyl groups is 1. The maximum absolute atomic E-state index is 13.0. The number of carbonyl (C=O) groups excluding carboxylic acids is 2. The van der Waals surface area contributed by atoms with Crippen molar-refractivity contribution in [3.05, 3.63) is 70.9 Å². The molecule has 1 aromatic heterocycles. The van der Waals surface area contributed by atoms with E-state index in [0.717, 1.165) is 11.1 Å². The summed E-state index contributed by atoms with van der Waals surface area (Å²) in [6, 6.07) is 10.3. The van der Waals surface area contributed by atoms with Crippen LogP contribution in [0.3, 0.4) is 0 Å². The molecule has 0 bridgehead atoms. The molecule has 1 aliphatic heterocycles. The second-order valence-electron chi connectivity index (χ2n) is 7.14. The lowest BCUT2D eigenvalue weighted by Crippen LogP contribution is -2.32. The quantitative estimate of drug-likeness (QED) is 0.550. The summed E-state index contributed by atoms with van der Waals surface area (Å²) in [5.41, 5.74) is 1.98. The van der Waals surface area contributed by atoms with Crippen LogP contribution in [0.15, 0.2) is 58.4 Å². The maximum Gasteiger partial charge on any atom is 0.290 e. The van der Waals surface area contributed by atoms with Gasteiger partial charge in [-0.15, -0.1) is 0 Å². The number of ketones is 1. The number of hydrogen-bond acceptors (Lipinski definition) is 5. The van der Waals surface area contributed by atoms with Crippen molar-refractivity contribution in [2.75, 3.05) is 20.3 Å². The first-order chi connectivity index (χ1) is 13.5. The van der Waals surface area contributed by atoms with E-state index >= 15 is 0 Å². The van der Waals surface area contributed by atoms with Crippen LogP contribution in [0.1, 0.15) is 53.9 Å². The number of Topliss-reactive ketones (excluding diaryl/α,β-unsaturated/α-hetero) is 1. The highest BCUT2D eigenvalue weighted by Crippen LogP contribution is 2.39. The van der Waals surface area contributed by atoms with E-state index in [-0.39, 0.29) is 11.3 Å². The van der Waals surface area contributed by atoms with Gasteiger partial charge in [-0.2, -0.15) is 0 Å². The summed E-state index contributed by atoms with van der Waals surface area (Å²) < 4.78 is 10.3. The van der Waals surface area contributed by atoms with Gasteiger partial charge in [-0.3, -0.25) is 9.59 Å². The first-order valence-corrected chi connectivity index (χ1v) is 9.36. The van der Waals surface area contributed by atoms with Gasteiger partial charge in [0.25, 0.3) is 5.91 Å². The van der Waals surface area contributed by atoms with Gasteiger partial charge in [0.1, 0.15) is 0 Å². The Morgan fingerprint density at radius 3 is 2.54 bits per heavy atom. The van der Waals surface area contributed by atoms with Gasteiger partial charge in [-0.1, -0.05) is 38.1 Å². The van der Waals surface area contributed by atoms with Crippen LogP contribution in [0, 0.1) is 0 Å². The second-order valence-corrected chi connectivity index (χ2v) is 7.14. The monoisotopic (exact) mass is 383 g/mol. The van der Waals surface area contributed by atoms with Gasteiger partial charge in [0.2, 0.25) is 5.78 Å². The topological polar surface area (TPSA) is 80.0 Å². The van der Waals surface area contributed by atoms with Crippen LogP contribution >= 0.6 is 0 Å². The molecular weight excluding hydrogens is 358 g/mol. The van der Waals surface area contributed by atoms with E-state index in [9.17, 15) is 14.7 Å². The highest BCUT2D eigenvalue weighted by atomic mass is 16.5. The zero-order valence-corrected chi connectivity index (χ0v) is 16.3. The molecule has 28 heavy (non-hydrogen) atoms. The van der Waals surface area contributed by atoms with Crippen molar-refractivity contribution in [3.63, 3.8) is 0 Å². The predicted octanol–water partition coefficient (Wildman–Crippen LogP) is 4.02. The molecule has 6 nitrogen and oxygen atoms in total. The van der Waals surface area contributed by atoms with Gasteiger partial charge in [-0.25, -0.2) is 0 Å². The zero-order valence-electron chi connectivity index (χ0n) is 16.3. The summed E-state index contributed by atoms with van der Waals surface area (Å²) in [7, 11) is 1.59. The number of benzene rings is 1. The molecule has 1 aromatic carbocycles. The summed E-state index contributed by atoms with van der Waals surface area (Å²) in [5, 5.41) is 10.5. The van der Waals surface area contributed by atoms with E-state index in [4.69, 9.17) is 9.15 Å². The molecule has 0 fully saturated rings. The summed E-state index contributed by atoms with van der Waals surface area (Å²) in [6.45, 7) is 5.04. The minimum absolute atomic E-state index is 0.0506. The molecular formula is C22H25NO5. The Labute approximate surface area is 164 Å². The molecule has 3 rings (SSSR count). The maximum atomic E-state index is 13.0. The number of nitrogens with zero attached hydrogens (tertiary/aromatic N) is 1. The van der Waals surface area contributed by atoms with Gasteiger partial charge in [0, 0.05) is 20.3 Å². The van der Waals surface area contributed by atoms with Crippen molar-refractivity contribution < 1.29 is 23.8 Å². The molecule has 0 saturated carbocycles. The van der Waals surface area contributed by atoms with E-state index in [0.29, 0.717) is 25.5 Å². The standard InChI is InChI=1S/C22H25NO5/c1-14(2)15-7-9-16(10-8-15)19-18(20(24)17-6-4-13-28-17)21(25)22(26)23(19)11-5-12-27-3/h4,6-10,13-14,19,25H,5,11-12H2,1-3H3. The molecule has 0 saturated heterocycles. The zero-order chi connectivity index (χ0) is 20.3. The van der Waals surface area contributed by atoms with Gasteiger partial charge in [0.15, 0.2) is 11.5 Å². The fourth-order valence-electron chi connectivity index (χ4n) is 3.45. The Bertz CT molecular complexity index is 865. The third-order valence-corrected chi connectivity index (χ3v) is 4.96. The molecule has 0 spiro atoms. The van der Waals surface area contributed by atoms with Crippen LogP contribution in [0.2, 0.25) is 0 Å². The number of hydrogen-bond donors (Lipinski definition) is 1. The Balaban J connectivity index is 2.01. The lowest BCUT2D eigenvalue weighted by Gasteiger charge is -2.27. The number of rotatable bonds is 8. The number of carbonyl (C=O) groups is 2. The minimum atomic E-state index is -0.664. The van der Waals surface area contributed by atoms with Crippen LogP contribution in [0.25, 0.3) is 0 Å². The van der Waals surface area contributed by atoms with Crippen LogP contribution < -0.4 is 0 Å². The third kappa shape index (κ3) is 3.73. The summed E-state index contributed by atoms with van der Waals surface area (Å²) >= 11 is 0. The smallest absolute Gasteiger partial charge is 0.290 e. The molecule has 1 aliphatic rings. The predicted molar refractivity (Wildman–Crippen MR) is 104 cm³/mol. The Hall–Kier alpha value is -2.86. The van der Waals surface area contributed by atoms with Crippen molar-refractivity contribution in [1.29, 1.82) is 0 Å². The Morgan fingerprint density at radius 2 is 1.96 bits per heavy atom. The second kappa shape index (κ2) is 8.44. The Morgan fingerprint density at radius 1 is 1.25 bits per heavy atom. The molecule has 2 aromatic rings. The average Bonchev–Trinajstić information content (AvgIpc) is 3.31. The largest absolute Gasteiger partial charge is 0.503 e. The van der Waals surface area contributed by atoms with E-state index in [2.05, 4.69) is 13.8 Å². The highest BCUT2D eigenvalue weighted by molar-refractivity contribution is 6.15. The molecule has 148 valence electrons. The van der Waals surface area contributed by atoms with E-state index in [1.54, 1.807) is 13.2 Å². The highest BCUT2D eigenvalue weighted by Gasteiger charge is 2.44. The normalized spacial score (nSPS) is 17.1. The fraction of sp³-hybridized carbons (Fsp3) is 0.364. The van der Waals surface area contributed by atoms with Crippen molar-refractivity contribution in [2.24, 2.45) is 0 Å². The minimum Gasteiger partial charge on any atom is -0.503 e. The van der Waals surface area contributed by atoms with Crippen molar-refractivity contribution >= 4 is 11.7 Å². The van der Waals surface area contributed by atoms with Crippen molar-refractivity contribution in [1.82, 2.24) is 4.90 Å². The molecule has 2 heterocycles. The van der Waals surface area contributed by atoms with E-state index in [1.807, 2.05) is 24.3 Å². The lowest BCUT2D eigenvalue weighted by molar-refractivity contribution is -0.129. The number of amides is 1. The first-order valence-electron chi connectivity index (χ1n) is 9.36. The van der Waals surface area contributed by atoms with Crippen molar-refractivity contribution in [3.8, 4) is 0 Å². The molecule has 6 heteroatoms. The lowest BCUT2D eigenvalue weighted by atomic mass is 9.93. The van der Waals surface area contributed by atoms with E-state index < -0.39 is 23.5 Å². The molecule has 1 amide bonds. The van der Waals surface area contributed by atoms with Crippen LogP contribution in [-0.2, 0) is 9.53 Å². The summed E-state index contributed by atoms with van der Waals surface area (Å²) in [6.07, 6.45) is 1.99. The number of methoxy groups -OCH3 is 1. The van der Waals surface area contributed by atoms with Gasteiger partial charge >= 0.3 is 0 Å². The molecule has 0 radical (unpaired) electrons. The van der Waals surface area contributed by atoms with E-state index in [1.165, 1.54) is 17.2 Å². The third-order valence-electron chi connectivity index (χ3n) is 4.96. The SMILES string of the molecule is COCCCN1C(=O)C(O)=C(C(=O)c2ccco2)C1c1ccc(C(C)C)cc1. The molecule has 0 aliphatic carbocycles. The fourth-order valence-corrected chi connectivity index (χ4v) is 3.45. The number of ether oxygens (including phenoxy) is 1.